The van der Waals surface area contributed by atoms with E-state index >= 15 is 0 Å². The molecular formula is C11H15NO3. The zero-order valence-corrected chi connectivity index (χ0v) is 9.14. The molecule has 82 valence electrons. The number of hydrogen-bond donors (Lipinski definition) is 0. The first-order valence-corrected chi connectivity index (χ1v) is 4.35. The third-order valence-electron chi connectivity index (χ3n) is 1.48. The van der Waals surface area contributed by atoms with E-state index in [1.54, 1.807) is 39.4 Å². The van der Waals surface area contributed by atoms with Gasteiger partial charge < -0.3 is 9.64 Å². The first kappa shape index (κ1) is 13.2. The molecule has 0 spiro atoms. The Balaban J connectivity index is 0.000000336. The van der Waals surface area contributed by atoms with Gasteiger partial charge in [0, 0.05) is 14.1 Å². The smallest absolute Gasteiger partial charge is 0.209 e. The van der Waals surface area contributed by atoms with Crippen molar-refractivity contribution in [2.45, 2.75) is 0 Å². The topological polar surface area (TPSA) is 46.6 Å². The molecule has 0 fully saturated rings. The van der Waals surface area contributed by atoms with Crippen LogP contribution in [0.25, 0.3) is 0 Å². The predicted octanol–water partition coefficient (Wildman–Crippen LogP) is 1.21. The highest BCUT2D eigenvalue weighted by Crippen LogP contribution is 2.13. The predicted molar refractivity (Wildman–Crippen MR) is 58.1 cm³/mol. The van der Waals surface area contributed by atoms with Crippen LogP contribution in [-0.4, -0.2) is 38.8 Å². The van der Waals surface area contributed by atoms with Gasteiger partial charge in [-0.25, -0.2) is 0 Å². The number of carbonyl (C=O) groups excluding carboxylic acids is 2. The van der Waals surface area contributed by atoms with E-state index in [4.69, 9.17) is 4.74 Å². The van der Waals surface area contributed by atoms with Gasteiger partial charge in [-0.2, -0.15) is 0 Å². The molecule has 15 heavy (non-hydrogen) atoms. The van der Waals surface area contributed by atoms with Gasteiger partial charge in [0.25, 0.3) is 0 Å². The molecule has 0 saturated heterocycles. The number of nitrogens with zero attached hydrogens (tertiary/aromatic N) is 1. The second-order valence-electron chi connectivity index (χ2n) is 2.93. The van der Waals surface area contributed by atoms with Crippen molar-refractivity contribution in [2.75, 3.05) is 21.2 Å². The number of methoxy groups -OCH3 is 1. The lowest BCUT2D eigenvalue weighted by molar-refractivity contribution is -0.115. The van der Waals surface area contributed by atoms with Gasteiger partial charge in [0.15, 0.2) is 6.29 Å². The minimum atomic E-state index is 0.588. The van der Waals surface area contributed by atoms with Gasteiger partial charge in [-0.3, -0.25) is 9.59 Å². The summed E-state index contributed by atoms with van der Waals surface area (Å²) in [5.41, 5.74) is 0.588. The Kier molecular flexibility index (Phi) is 6.63. The van der Waals surface area contributed by atoms with Gasteiger partial charge in [0.2, 0.25) is 6.41 Å². The molecule has 0 aliphatic carbocycles. The first-order valence-electron chi connectivity index (χ1n) is 4.35. The Morgan fingerprint density at radius 2 is 1.73 bits per heavy atom. The molecule has 0 unspecified atom stereocenters. The molecule has 0 N–H and O–H groups in total. The Labute approximate surface area is 89.5 Å². The second kappa shape index (κ2) is 7.55. The molecule has 4 heteroatoms. The Morgan fingerprint density at radius 3 is 2.07 bits per heavy atom. The first-order chi connectivity index (χ1) is 7.15. The fourth-order valence-corrected chi connectivity index (χ4v) is 0.764. The van der Waals surface area contributed by atoms with Crippen LogP contribution in [0, 0.1) is 0 Å². The summed E-state index contributed by atoms with van der Waals surface area (Å²) >= 11 is 0. The molecule has 0 aliphatic rings. The normalized spacial score (nSPS) is 8.20. The average molecular weight is 209 g/mol. The van der Waals surface area contributed by atoms with E-state index in [1.165, 1.54) is 4.90 Å². The summed E-state index contributed by atoms with van der Waals surface area (Å²) in [5, 5.41) is 0. The lowest BCUT2D eigenvalue weighted by atomic mass is 10.2. The minimum Gasteiger partial charge on any atom is -0.496 e. The maximum absolute atomic E-state index is 10.3. The summed E-state index contributed by atoms with van der Waals surface area (Å²) in [7, 11) is 4.92. The lowest BCUT2D eigenvalue weighted by Gasteiger charge is -1.99. The Bertz CT molecular complexity index is 310. The molecule has 1 rings (SSSR count). The van der Waals surface area contributed by atoms with Crippen LogP contribution in [0.1, 0.15) is 10.4 Å². The van der Waals surface area contributed by atoms with E-state index in [0.29, 0.717) is 11.3 Å². The van der Waals surface area contributed by atoms with Gasteiger partial charge in [-0.15, -0.1) is 0 Å². The van der Waals surface area contributed by atoms with Crippen LogP contribution in [0.2, 0.25) is 0 Å². The van der Waals surface area contributed by atoms with Crippen LogP contribution in [-0.2, 0) is 4.79 Å². The zero-order chi connectivity index (χ0) is 11.7. The van der Waals surface area contributed by atoms with Crippen LogP contribution in [0.4, 0.5) is 0 Å². The molecule has 0 radical (unpaired) electrons. The third-order valence-corrected chi connectivity index (χ3v) is 1.48. The number of aldehydes is 1. The van der Waals surface area contributed by atoms with Crippen LogP contribution >= 0.6 is 0 Å². The minimum absolute atomic E-state index is 0.588. The molecule has 0 aliphatic heterocycles. The average Bonchev–Trinajstić information content (AvgIpc) is 2.29. The fourth-order valence-electron chi connectivity index (χ4n) is 0.764. The molecule has 1 aromatic rings. The number of amides is 1. The quantitative estimate of drug-likeness (QED) is 0.703. The van der Waals surface area contributed by atoms with E-state index in [-0.39, 0.29) is 0 Å². The SMILES string of the molecule is CN(C)C=O.COc1ccccc1C=O. The maximum Gasteiger partial charge on any atom is 0.209 e. The molecule has 4 nitrogen and oxygen atoms in total. The number of carbonyl (C=O) groups is 2. The molecule has 0 saturated carbocycles. The molecular weight excluding hydrogens is 194 g/mol. The van der Waals surface area contributed by atoms with Crippen molar-refractivity contribution in [2.24, 2.45) is 0 Å². The summed E-state index contributed by atoms with van der Waals surface area (Å²) < 4.78 is 4.90. The summed E-state index contributed by atoms with van der Waals surface area (Å²) in [6.45, 7) is 0. The van der Waals surface area contributed by atoms with Crippen molar-refractivity contribution in [3.05, 3.63) is 29.8 Å². The van der Waals surface area contributed by atoms with Gasteiger partial charge in [-0.05, 0) is 12.1 Å². The second-order valence-corrected chi connectivity index (χ2v) is 2.93. The lowest BCUT2D eigenvalue weighted by Crippen LogP contribution is -2.06. The van der Waals surface area contributed by atoms with Crippen LogP contribution < -0.4 is 4.74 Å². The van der Waals surface area contributed by atoms with Crippen LogP contribution in [0.15, 0.2) is 24.3 Å². The number of para-hydroxylation sites is 1. The highest BCUT2D eigenvalue weighted by atomic mass is 16.5. The van der Waals surface area contributed by atoms with Gasteiger partial charge in [-0.1, -0.05) is 12.1 Å². The van der Waals surface area contributed by atoms with Gasteiger partial charge >= 0.3 is 0 Å². The van der Waals surface area contributed by atoms with Crippen molar-refractivity contribution >= 4 is 12.7 Å². The summed E-state index contributed by atoms with van der Waals surface area (Å²) in [6, 6.07) is 7.09. The van der Waals surface area contributed by atoms with Gasteiger partial charge in [0.1, 0.15) is 5.75 Å². The standard InChI is InChI=1S/C8H8O2.C3H7NO/c1-10-8-5-3-2-4-7(8)6-9;1-4(2)3-5/h2-6H,1H3;3H,1-2H3. The molecule has 0 bridgehead atoms. The zero-order valence-electron chi connectivity index (χ0n) is 9.14. The highest BCUT2D eigenvalue weighted by molar-refractivity contribution is 5.79. The number of hydrogen-bond acceptors (Lipinski definition) is 3. The summed E-state index contributed by atoms with van der Waals surface area (Å²) in [5.74, 6) is 0.623. The van der Waals surface area contributed by atoms with E-state index in [0.717, 1.165) is 12.7 Å². The van der Waals surface area contributed by atoms with Crippen LogP contribution in [0.5, 0.6) is 5.75 Å². The van der Waals surface area contributed by atoms with Crippen LogP contribution in [0.3, 0.4) is 0 Å². The van der Waals surface area contributed by atoms with Crippen molar-refractivity contribution in [1.82, 2.24) is 4.90 Å². The van der Waals surface area contributed by atoms with E-state index in [9.17, 15) is 9.59 Å². The fraction of sp³-hybridized carbons (Fsp3) is 0.273. The van der Waals surface area contributed by atoms with Crippen molar-refractivity contribution in [3.8, 4) is 5.75 Å². The summed E-state index contributed by atoms with van der Waals surface area (Å²) in [4.78, 5) is 21.2. The van der Waals surface area contributed by atoms with E-state index in [2.05, 4.69) is 0 Å². The third kappa shape index (κ3) is 5.46. The molecule has 0 atom stereocenters. The monoisotopic (exact) mass is 209 g/mol. The van der Waals surface area contributed by atoms with Gasteiger partial charge in [0.05, 0.1) is 12.7 Å². The van der Waals surface area contributed by atoms with Crippen molar-refractivity contribution in [3.63, 3.8) is 0 Å². The number of rotatable bonds is 3. The summed E-state index contributed by atoms with van der Waals surface area (Å²) in [6.07, 6.45) is 1.53. The number of ether oxygens (including phenoxy) is 1. The van der Waals surface area contributed by atoms with Crippen molar-refractivity contribution < 1.29 is 14.3 Å². The number of benzene rings is 1. The maximum atomic E-state index is 10.3. The molecule has 1 aromatic carbocycles. The Hall–Kier alpha value is -1.84. The van der Waals surface area contributed by atoms with E-state index in [1.807, 2.05) is 6.07 Å². The highest BCUT2D eigenvalue weighted by Gasteiger charge is 1.96. The largest absolute Gasteiger partial charge is 0.496 e. The Morgan fingerprint density at radius 1 is 1.20 bits per heavy atom. The molecule has 1 amide bonds. The van der Waals surface area contributed by atoms with E-state index < -0.39 is 0 Å². The van der Waals surface area contributed by atoms with Crippen molar-refractivity contribution in [1.29, 1.82) is 0 Å². The molecule has 0 heterocycles. The molecule has 0 aromatic heterocycles.